The van der Waals surface area contributed by atoms with Crippen LogP contribution in [-0.4, -0.2) is 27.0 Å². The molecular weight excluding hydrogens is 497 g/mol. The van der Waals surface area contributed by atoms with Gasteiger partial charge in [-0.15, -0.1) is 0 Å². The first-order valence-corrected chi connectivity index (χ1v) is 8.01. The second kappa shape index (κ2) is 5.02. The number of hydrogen-bond donors (Lipinski definition) is 0. The molecule has 1 aliphatic rings. The van der Waals surface area contributed by atoms with Crippen molar-refractivity contribution in [3.05, 3.63) is 41.9 Å². The molecule has 1 aliphatic heterocycles. The minimum absolute atomic E-state index is 0.206. The minimum atomic E-state index is -0.206. The summed E-state index contributed by atoms with van der Waals surface area (Å²) >= 11 is 0.593. The molecule has 0 atom stereocenters. The van der Waals surface area contributed by atoms with Crippen molar-refractivity contribution in [1.82, 2.24) is 0.923 Å². The van der Waals surface area contributed by atoms with E-state index in [1.807, 2.05) is 6.20 Å². The van der Waals surface area contributed by atoms with Gasteiger partial charge in [-0.1, -0.05) is 0 Å². The fourth-order valence-corrected chi connectivity index (χ4v) is 3.67. The van der Waals surface area contributed by atoms with Crippen LogP contribution in [0.25, 0.3) is 0 Å². The van der Waals surface area contributed by atoms with Crippen molar-refractivity contribution in [2.45, 2.75) is 0 Å². The summed E-state index contributed by atoms with van der Waals surface area (Å²) in [6.07, 6.45) is 1.95. The topological polar surface area (TPSA) is 48.6 Å². The number of benzene rings is 1. The molecule has 2 rings (SSSR count). The van der Waals surface area contributed by atoms with Crippen molar-refractivity contribution in [1.29, 1.82) is 5.26 Å². The van der Waals surface area contributed by atoms with Crippen LogP contribution in [0.4, 0.5) is 0 Å². The Morgan fingerprint density at radius 3 is 2.67 bits per heavy atom. The number of hydrogen-bond acceptors (Lipinski definition) is 4. The van der Waals surface area contributed by atoms with Crippen LogP contribution in [-0.2, 0) is 0 Å². The maximum absolute atomic E-state index is 8.63. The predicted molar refractivity (Wildman–Crippen MR) is 63.9 cm³/mol. The monoisotopic (exact) mass is 503 g/mol. The molecule has 0 spiro atoms. The SMILES string of the molecule is N#Cc1ccc(OC2=C[N]([Tl])I=N2)cc1. The Morgan fingerprint density at radius 1 is 1.40 bits per heavy atom. The molecule has 0 aromatic heterocycles. The van der Waals surface area contributed by atoms with Crippen LogP contribution in [0.3, 0.4) is 0 Å². The van der Waals surface area contributed by atoms with Crippen LogP contribution in [0.15, 0.2) is 39.5 Å². The summed E-state index contributed by atoms with van der Waals surface area (Å²) in [7, 11) is 0. The molecular formula is C9H5IN3OTl. The number of rotatable bonds is 2. The normalized spacial score (nSPS) is 14.0. The fourth-order valence-electron chi connectivity index (χ4n) is 0.992. The van der Waals surface area contributed by atoms with Gasteiger partial charge in [0, 0.05) is 0 Å². The van der Waals surface area contributed by atoms with Crippen molar-refractivity contribution < 1.29 is 4.74 Å². The van der Waals surface area contributed by atoms with Gasteiger partial charge in [-0.3, -0.25) is 0 Å². The molecule has 0 aliphatic carbocycles. The molecule has 0 saturated heterocycles. The molecule has 15 heavy (non-hydrogen) atoms. The van der Waals surface area contributed by atoms with Crippen LogP contribution >= 0.6 is 21.3 Å². The summed E-state index contributed by atoms with van der Waals surface area (Å²) in [6.45, 7) is 0. The Balaban J connectivity index is 2.09. The molecule has 0 radical (unpaired) electrons. The summed E-state index contributed by atoms with van der Waals surface area (Å²) in [5.74, 6) is 1.42. The van der Waals surface area contributed by atoms with E-state index in [1.54, 1.807) is 24.3 Å². The van der Waals surface area contributed by atoms with E-state index >= 15 is 0 Å². The molecule has 1 heterocycles. The Labute approximate surface area is 114 Å². The van der Waals surface area contributed by atoms with Gasteiger partial charge in [0.1, 0.15) is 0 Å². The van der Waals surface area contributed by atoms with Gasteiger partial charge in [0.15, 0.2) is 0 Å². The first-order chi connectivity index (χ1) is 7.28. The van der Waals surface area contributed by atoms with Crippen LogP contribution in [0.1, 0.15) is 5.56 Å². The molecule has 0 N–H and O–H groups in total. The van der Waals surface area contributed by atoms with Gasteiger partial charge in [-0.25, -0.2) is 0 Å². The van der Waals surface area contributed by atoms with Gasteiger partial charge in [0.05, 0.1) is 0 Å². The van der Waals surface area contributed by atoms with Crippen LogP contribution in [0, 0.1) is 11.3 Å². The second-order valence-corrected chi connectivity index (χ2v) is 11.0. The molecule has 0 bridgehead atoms. The molecule has 72 valence electrons. The Hall–Kier alpha value is -0.498. The zero-order chi connectivity index (χ0) is 10.7. The third kappa shape index (κ3) is 2.98. The molecule has 0 saturated carbocycles. The van der Waals surface area contributed by atoms with E-state index in [9.17, 15) is 0 Å². The summed E-state index contributed by atoms with van der Waals surface area (Å²) < 4.78 is 12.1. The van der Waals surface area contributed by atoms with Gasteiger partial charge in [0.2, 0.25) is 0 Å². The molecule has 6 heteroatoms. The van der Waals surface area contributed by atoms with Crippen LogP contribution < -0.4 is 4.74 Å². The molecule has 0 amide bonds. The van der Waals surface area contributed by atoms with E-state index in [0.29, 0.717) is 11.4 Å². The van der Waals surface area contributed by atoms with Crippen molar-refractivity contribution >= 4 is 47.4 Å². The maximum atomic E-state index is 8.63. The zero-order valence-electron chi connectivity index (χ0n) is 7.59. The van der Waals surface area contributed by atoms with Crippen LogP contribution in [0.5, 0.6) is 5.75 Å². The van der Waals surface area contributed by atoms with Gasteiger partial charge in [0.25, 0.3) is 0 Å². The number of ether oxygens (including phenoxy) is 1. The first kappa shape index (κ1) is 11.0. The Kier molecular flexibility index (Phi) is 3.68. The van der Waals surface area contributed by atoms with Crippen LogP contribution in [0.2, 0.25) is 0 Å². The van der Waals surface area contributed by atoms with Crippen molar-refractivity contribution in [3.63, 3.8) is 0 Å². The van der Waals surface area contributed by atoms with Crippen molar-refractivity contribution in [2.75, 3.05) is 0 Å². The molecule has 4 nitrogen and oxygen atoms in total. The average molecular weight is 502 g/mol. The van der Waals surface area contributed by atoms with E-state index in [-0.39, 0.29) is 21.3 Å². The summed E-state index contributed by atoms with van der Waals surface area (Å²) in [5, 5.41) is 8.63. The van der Waals surface area contributed by atoms with E-state index in [1.165, 1.54) is 0 Å². The van der Waals surface area contributed by atoms with Crippen molar-refractivity contribution in [2.24, 2.45) is 3.15 Å². The second-order valence-electron chi connectivity index (χ2n) is 2.71. The van der Waals surface area contributed by atoms with E-state index in [2.05, 4.69) is 10.1 Å². The number of nitriles is 1. The van der Waals surface area contributed by atoms with Gasteiger partial charge >= 0.3 is 115 Å². The molecule has 0 unspecified atom stereocenters. The van der Waals surface area contributed by atoms with Gasteiger partial charge in [-0.2, -0.15) is 0 Å². The van der Waals surface area contributed by atoms with E-state index in [0.717, 1.165) is 31.8 Å². The predicted octanol–water partition coefficient (Wildman–Crippen LogP) is 2.20. The standard InChI is InChI=1S/C9H5IN3O.Tl/c11-5-7-1-3-8(4-2-7)14-9-6-12-10-13-9;/h1-4,6H;/q-1;+1. The van der Waals surface area contributed by atoms with E-state index < -0.39 is 0 Å². The molecule has 1 aromatic rings. The Bertz CT molecular complexity index is 463. The van der Waals surface area contributed by atoms with Gasteiger partial charge < -0.3 is 0 Å². The fraction of sp³-hybridized carbons (Fsp3) is 0. The zero-order valence-corrected chi connectivity index (χ0v) is 14.2. The quantitative estimate of drug-likeness (QED) is 0.354. The number of nitrogens with zero attached hydrogens (tertiary/aromatic N) is 3. The van der Waals surface area contributed by atoms with E-state index in [4.69, 9.17) is 10.00 Å². The third-order valence-corrected chi connectivity index (χ3v) is 5.97. The Morgan fingerprint density at radius 2 is 2.13 bits per heavy atom. The molecule has 0 fully saturated rings. The molecule has 1 aromatic carbocycles. The van der Waals surface area contributed by atoms with Crippen molar-refractivity contribution in [3.8, 4) is 11.8 Å². The number of halogens is 1. The summed E-state index contributed by atoms with van der Waals surface area (Å²) in [4.78, 5) is 0. The summed E-state index contributed by atoms with van der Waals surface area (Å²) in [5.41, 5.74) is 0.637. The third-order valence-electron chi connectivity index (χ3n) is 1.65. The average Bonchev–Trinajstić information content (AvgIpc) is 2.65. The summed E-state index contributed by atoms with van der Waals surface area (Å²) in [6, 6.07) is 9.10. The van der Waals surface area contributed by atoms with Gasteiger partial charge in [-0.05, 0) is 0 Å². The first-order valence-electron chi connectivity index (χ1n) is 4.07.